The third-order valence-electron chi connectivity index (χ3n) is 5.32. The van der Waals surface area contributed by atoms with Gasteiger partial charge in [0.2, 0.25) is 0 Å². The minimum absolute atomic E-state index is 0.0283. The lowest BCUT2D eigenvalue weighted by Crippen LogP contribution is -2.56. The maximum absolute atomic E-state index is 13.9. The first-order valence-corrected chi connectivity index (χ1v) is 9.37. The molecule has 1 heterocycles. The van der Waals surface area contributed by atoms with Gasteiger partial charge in [0.05, 0.1) is 24.1 Å². The Morgan fingerprint density at radius 2 is 1.77 bits per heavy atom. The molecular weight excluding hydrogens is 398 g/mol. The number of alkyl halides is 3. The fourth-order valence-corrected chi connectivity index (χ4v) is 3.59. The Labute approximate surface area is 170 Å². The number of rotatable bonds is 5. The largest absolute Gasteiger partial charge is 0.419 e. The summed E-state index contributed by atoms with van der Waals surface area (Å²) in [6, 6.07) is 14.1. The standard InChI is InChI=1S/C22H19F4N3O/c23-17-7-9-19(10-8-17)29-20-11-6-16(12-15(20)13-28-29)21(30,22(24,25)26)14-27-18-4-2-1-3-5-18/h1-11,13,16,27,30H,12,14H2. The smallest absolute Gasteiger partial charge is 0.382 e. The molecule has 2 atom stereocenters. The van der Waals surface area contributed by atoms with Crippen LogP contribution in [0.2, 0.25) is 0 Å². The van der Waals surface area contributed by atoms with Crippen LogP contribution in [0.1, 0.15) is 11.3 Å². The van der Waals surface area contributed by atoms with Gasteiger partial charge in [0.15, 0.2) is 5.60 Å². The van der Waals surface area contributed by atoms with Crippen LogP contribution in [0.15, 0.2) is 66.9 Å². The van der Waals surface area contributed by atoms with Gasteiger partial charge in [0.1, 0.15) is 5.82 Å². The zero-order valence-corrected chi connectivity index (χ0v) is 15.8. The van der Waals surface area contributed by atoms with E-state index in [1.165, 1.54) is 35.2 Å². The second kappa shape index (κ2) is 7.60. The fraction of sp³-hybridized carbons (Fsp3) is 0.227. The minimum atomic E-state index is -4.84. The number of hydrogen-bond acceptors (Lipinski definition) is 3. The summed E-state index contributed by atoms with van der Waals surface area (Å²) >= 11 is 0. The Morgan fingerprint density at radius 3 is 2.43 bits per heavy atom. The summed E-state index contributed by atoms with van der Waals surface area (Å²) in [6.45, 7) is -0.684. The van der Waals surface area contributed by atoms with Crippen molar-refractivity contribution in [1.29, 1.82) is 0 Å². The van der Waals surface area contributed by atoms with Gasteiger partial charge in [-0.05, 0) is 54.5 Å². The van der Waals surface area contributed by atoms with Crippen molar-refractivity contribution in [2.45, 2.75) is 18.2 Å². The second-order valence-electron chi connectivity index (χ2n) is 7.25. The van der Waals surface area contributed by atoms with Gasteiger partial charge >= 0.3 is 6.18 Å². The maximum Gasteiger partial charge on any atom is 0.419 e. The molecule has 1 aromatic heterocycles. The van der Waals surface area contributed by atoms with E-state index in [0.29, 0.717) is 22.6 Å². The zero-order chi connectivity index (χ0) is 21.4. The van der Waals surface area contributed by atoms with Crippen LogP contribution in [-0.4, -0.2) is 33.2 Å². The van der Waals surface area contributed by atoms with Crippen molar-refractivity contribution in [3.8, 4) is 5.69 Å². The average molecular weight is 417 g/mol. The molecule has 2 N–H and O–H groups in total. The van der Waals surface area contributed by atoms with Crippen LogP contribution in [-0.2, 0) is 6.42 Å². The molecule has 0 spiro atoms. The number of nitrogens with one attached hydrogen (secondary N) is 1. The van der Waals surface area contributed by atoms with E-state index in [-0.39, 0.29) is 6.42 Å². The first kappa shape index (κ1) is 20.2. The quantitative estimate of drug-likeness (QED) is 0.597. The number of hydrogen-bond donors (Lipinski definition) is 2. The lowest BCUT2D eigenvalue weighted by Gasteiger charge is -2.37. The molecule has 3 aromatic rings. The van der Waals surface area contributed by atoms with Gasteiger partial charge in [-0.25, -0.2) is 9.07 Å². The Hall–Kier alpha value is -3.13. The van der Waals surface area contributed by atoms with Crippen LogP contribution in [0.3, 0.4) is 0 Å². The van der Waals surface area contributed by atoms with E-state index in [9.17, 15) is 22.7 Å². The Bertz CT molecular complexity index is 1040. The molecule has 2 aromatic carbocycles. The van der Waals surface area contributed by atoms with Gasteiger partial charge in [-0.1, -0.05) is 24.3 Å². The van der Waals surface area contributed by atoms with Gasteiger partial charge in [0, 0.05) is 11.6 Å². The highest BCUT2D eigenvalue weighted by atomic mass is 19.4. The van der Waals surface area contributed by atoms with Crippen molar-refractivity contribution in [2.24, 2.45) is 5.92 Å². The highest BCUT2D eigenvalue weighted by Crippen LogP contribution is 2.41. The Morgan fingerprint density at radius 1 is 1.07 bits per heavy atom. The number of anilines is 1. The number of fused-ring (bicyclic) bond motifs is 1. The van der Waals surface area contributed by atoms with Crippen LogP contribution in [0, 0.1) is 11.7 Å². The number of aliphatic hydroxyl groups is 1. The SMILES string of the molecule is OC(CNc1ccccc1)(C1C=Cc2c(cnn2-c2ccc(F)cc2)C1)C(F)(F)F. The summed E-state index contributed by atoms with van der Waals surface area (Å²) < 4.78 is 56.4. The molecule has 0 saturated heterocycles. The van der Waals surface area contributed by atoms with Crippen molar-refractivity contribution in [2.75, 3.05) is 11.9 Å². The normalized spacial score (nSPS) is 18.0. The van der Waals surface area contributed by atoms with Crippen molar-refractivity contribution < 1.29 is 22.7 Å². The predicted octanol–water partition coefficient (Wildman–Crippen LogP) is 4.60. The van der Waals surface area contributed by atoms with Gasteiger partial charge in [-0.3, -0.25) is 0 Å². The first-order chi connectivity index (χ1) is 14.3. The molecule has 30 heavy (non-hydrogen) atoms. The average Bonchev–Trinajstić information content (AvgIpc) is 3.16. The van der Waals surface area contributed by atoms with Crippen LogP contribution < -0.4 is 5.32 Å². The van der Waals surface area contributed by atoms with Crippen LogP contribution in [0.5, 0.6) is 0 Å². The van der Waals surface area contributed by atoms with Crippen LogP contribution in [0.4, 0.5) is 23.2 Å². The van der Waals surface area contributed by atoms with Gasteiger partial charge in [-0.15, -0.1) is 0 Å². The summed E-state index contributed by atoms with van der Waals surface area (Å²) in [7, 11) is 0. The minimum Gasteiger partial charge on any atom is -0.382 e. The van der Waals surface area contributed by atoms with Crippen LogP contribution in [0.25, 0.3) is 11.8 Å². The molecule has 2 unspecified atom stereocenters. The lowest BCUT2D eigenvalue weighted by atomic mass is 9.79. The maximum atomic E-state index is 13.9. The molecule has 4 nitrogen and oxygen atoms in total. The molecule has 156 valence electrons. The number of para-hydroxylation sites is 1. The van der Waals surface area contributed by atoms with Gasteiger partial charge in [-0.2, -0.15) is 18.3 Å². The van der Waals surface area contributed by atoms with Crippen LogP contribution >= 0.6 is 0 Å². The van der Waals surface area contributed by atoms with E-state index in [0.717, 1.165) is 0 Å². The van der Waals surface area contributed by atoms with Gasteiger partial charge < -0.3 is 10.4 Å². The number of benzene rings is 2. The summed E-state index contributed by atoms with van der Waals surface area (Å²) in [6.07, 6.45) is -0.492. The number of halogens is 4. The molecule has 1 aliphatic carbocycles. The first-order valence-electron chi connectivity index (χ1n) is 9.37. The van der Waals surface area contributed by atoms with Gasteiger partial charge in [0.25, 0.3) is 0 Å². The third kappa shape index (κ3) is 3.70. The molecule has 0 fully saturated rings. The topological polar surface area (TPSA) is 50.1 Å². The van der Waals surface area contributed by atoms with Crippen molar-refractivity contribution >= 4 is 11.8 Å². The Balaban J connectivity index is 1.60. The van der Waals surface area contributed by atoms with E-state index in [4.69, 9.17) is 0 Å². The predicted molar refractivity (Wildman–Crippen MR) is 106 cm³/mol. The summed E-state index contributed by atoms with van der Waals surface area (Å²) in [4.78, 5) is 0. The molecule has 0 radical (unpaired) electrons. The highest BCUT2D eigenvalue weighted by molar-refractivity contribution is 5.56. The molecule has 4 rings (SSSR count). The molecule has 0 bridgehead atoms. The number of aromatic nitrogens is 2. The lowest BCUT2D eigenvalue weighted by molar-refractivity contribution is -0.268. The molecule has 8 heteroatoms. The van der Waals surface area contributed by atoms with E-state index in [1.807, 2.05) is 0 Å². The van der Waals surface area contributed by atoms with E-state index in [1.54, 1.807) is 42.5 Å². The molecule has 0 aliphatic heterocycles. The fourth-order valence-electron chi connectivity index (χ4n) is 3.59. The molecule has 0 amide bonds. The van der Waals surface area contributed by atoms with Crippen molar-refractivity contribution in [1.82, 2.24) is 9.78 Å². The molecular formula is C22H19F4N3O. The highest BCUT2D eigenvalue weighted by Gasteiger charge is 2.58. The summed E-state index contributed by atoms with van der Waals surface area (Å²) in [5, 5.41) is 17.6. The zero-order valence-electron chi connectivity index (χ0n) is 15.8. The second-order valence-corrected chi connectivity index (χ2v) is 7.25. The van der Waals surface area contributed by atoms with E-state index < -0.39 is 30.1 Å². The third-order valence-corrected chi connectivity index (χ3v) is 5.32. The summed E-state index contributed by atoms with van der Waals surface area (Å²) in [5.74, 6) is -1.58. The van der Waals surface area contributed by atoms with E-state index in [2.05, 4.69) is 10.4 Å². The summed E-state index contributed by atoms with van der Waals surface area (Å²) in [5.41, 5.74) is -0.690. The van der Waals surface area contributed by atoms with Crippen molar-refractivity contribution in [3.63, 3.8) is 0 Å². The van der Waals surface area contributed by atoms with Crippen molar-refractivity contribution in [3.05, 3.63) is 83.9 Å². The van der Waals surface area contributed by atoms with E-state index >= 15 is 0 Å². The monoisotopic (exact) mass is 417 g/mol. The molecule has 1 aliphatic rings. The number of nitrogens with zero attached hydrogens (tertiary/aromatic N) is 2. The Kier molecular flexibility index (Phi) is 5.11. The molecule has 0 saturated carbocycles.